The van der Waals surface area contributed by atoms with Gasteiger partial charge in [0.15, 0.2) is 0 Å². The Balaban J connectivity index is 2.06. The molecule has 0 bridgehead atoms. The molecule has 0 saturated carbocycles. The SMILES string of the molecule is Cc1ccc(C)c(N2CCN(C(=O)C(=O)[O-])CC2)c1. The maximum absolute atomic E-state index is 11.3. The molecule has 1 aromatic rings. The molecule has 1 amide bonds. The molecule has 1 saturated heterocycles. The number of carboxylic acid groups (broad SMARTS) is 1. The summed E-state index contributed by atoms with van der Waals surface area (Å²) >= 11 is 0. The highest BCUT2D eigenvalue weighted by atomic mass is 16.4. The standard InChI is InChI=1S/C14H18N2O3/c1-10-3-4-11(2)12(9-10)15-5-7-16(8-6-15)13(17)14(18)19/h3-4,9H,5-8H2,1-2H3,(H,18,19)/p-1. The lowest BCUT2D eigenvalue weighted by molar-refractivity contribution is -0.301. The van der Waals surface area contributed by atoms with Crippen LogP contribution in [0.1, 0.15) is 11.1 Å². The molecule has 5 heteroatoms. The van der Waals surface area contributed by atoms with Crippen LogP contribution in [-0.2, 0) is 9.59 Å². The summed E-state index contributed by atoms with van der Waals surface area (Å²) in [6, 6.07) is 6.25. The van der Waals surface area contributed by atoms with Crippen LogP contribution >= 0.6 is 0 Å². The summed E-state index contributed by atoms with van der Waals surface area (Å²) in [4.78, 5) is 25.4. The highest BCUT2D eigenvalue weighted by molar-refractivity contribution is 6.30. The monoisotopic (exact) mass is 261 g/mol. The van der Waals surface area contributed by atoms with Crippen molar-refractivity contribution >= 4 is 17.6 Å². The molecule has 0 radical (unpaired) electrons. The number of anilines is 1. The first-order valence-corrected chi connectivity index (χ1v) is 6.31. The van der Waals surface area contributed by atoms with Crippen LogP contribution in [0.25, 0.3) is 0 Å². The second-order valence-electron chi connectivity index (χ2n) is 4.86. The second kappa shape index (κ2) is 5.30. The topological polar surface area (TPSA) is 63.7 Å². The number of aliphatic carboxylic acids is 1. The van der Waals surface area contributed by atoms with Gasteiger partial charge in [0.25, 0.3) is 5.91 Å². The van der Waals surface area contributed by atoms with Crippen molar-refractivity contribution < 1.29 is 14.7 Å². The third-order valence-corrected chi connectivity index (χ3v) is 3.45. The van der Waals surface area contributed by atoms with Crippen molar-refractivity contribution in [3.63, 3.8) is 0 Å². The van der Waals surface area contributed by atoms with E-state index in [1.807, 2.05) is 13.8 Å². The first kappa shape index (κ1) is 13.4. The van der Waals surface area contributed by atoms with Crippen molar-refractivity contribution in [2.75, 3.05) is 31.1 Å². The zero-order valence-electron chi connectivity index (χ0n) is 11.2. The zero-order valence-corrected chi connectivity index (χ0v) is 11.2. The first-order chi connectivity index (χ1) is 8.99. The van der Waals surface area contributed by atoms with Gasteiger partial charge in [-0.3, -0.25) is 4.79 Å². The Labute approximate surface area is 112 Å². The zero-order chi connectivity index (χ0) is 14.0. The van der Waals surface area contributed by atoms with Gasteiger partial charge in [-0.2, -0.15) is 0 Å². The number of hydrogen-bond acceptors (Lipinski definition) is 4. The Hall–Kier alpha value is -2.04. The number of piperazine rings is 1. The van der Waals surface area contributed by atoms with Crippen LogP contribution in [0, 0.1) is 13.8 Å². The Morgan fingerprint density at radius 1 is 1.11 bits per heavy atom. The maximum atomic E-state index is 11.3. The van der Waals surface area contributed by atoms with Crippen LogP contribution in [0.2, 0.25) is 0 Å². The van der Waals surface area contributed by atoms with E-state index >= 15 is 0 Å². The normalized spacial score (nSPS) is 15.5. The van der Waals surface area contributed by atoms with Crippen LogP contribution in [0.4, 0.5) is 5.69 Å². The number of aryl methyl sites for hydroxylation is 2. The summed E-state index contributed by atoms with van der Waals surface area (Å²) in [6.45, 7) is 6.21. The Morgan fingerprint density at radius 3 is 2.32 bits per heavy atom. The van der Waals surface area contributed by atoms with E-state index in [0.717, 1.165) is 5.69 Å². The average molecular weight is 261 g/mol. The first-order valence-electron chi connectivity index (χ1n) is 6.31. The van der Waals surface area contributed by atoms with Gasteiger partial charge in [-0.1, -0.05) is 12.1 Å². The number of carboxylic acids is 1. The number of benzene rings is 1. The molecule has 0 spiro atoms. The lowest BCUT2D eigenvalue weighted by atomic mass is 10.1. The number of rotatable bonds is 1. The molecular formula is C14H17N2O3-. The van der Waals surface area contributed by atoms with Gasteiger partial charge in [-0.25, -0.2) is 0 Å². The molecule has 0 atom stereocenters. The van der Waals surface area contributed by atoms with E-state index in [2.05, 4.69) is 23.1 Å². The predicted octanol–water partition coefficient (Wildman–Crippen LogP) is -0.298. The molecule has 0 unspecified atom stereocenters. The van der Waals surface area contributed by atoms with Crippen molar-refractivity contribution in [3.05, 3.63) is 29.3 Å². The van der Waals surface area contributed by atoms with E-state index in [4.69, 9.17) is 0 Å². The Morgan fingerprint density at radius 2 is 1.74 bits per heavy atom. The number of nitrogens with zero attached hydrogens (tertiary/aromatic N) is 2. The summed E-state index contributed by atoms with van der Waals surface area (Å²) in [6.07, 6.45) is 0. The van der Waals surface area contributed by atoms with Crippen LogP contribution in [0.3, 0.4) is 0 Å². The highest BCUT2D eigenvalue weighted by Crippen LogP contribution is 2.22. The van der Waals surface area contributed by atoms with E-state index in [-0.39, 0.29) is 0 Å². The van der Waals surface area contributed by atoms with Gasteiger partial charge >= 0.3 is 0 Å². The second-order valence-corrected chi connectivity index (χ2v) is 4.86. The Kier molecular flexibility index (Phi) is 3.74. The molecule has 1 aliphatic rings. The fraction of sp³-hybridized carbons (Fsp3) is 0.429. The largest absolute Gasteiger partial charge is 0.540 e. The third kappa shape index (κ3) is 2.86. The minimum absolute atomic E-state index is 0.417. The molecule has 19 heavy (non-hydrogen) atoms. The molecule has 0 N–H and O–H groups in total. The quantitative estimate of drug-likeness (QED) is 0.651. The number of amides is 1. The van der Waals surface area contributed by atoms with Gasteiger partial charge in [0, 0.05) is 31.9 Å². The van der Waals surface area contributed by atoms with Crippen LogP contribution in [0.5, 0.6) is 0 Å². The fourth-order valence-corrected chi connectivity index (χ4v) is 2.34. The molecule has 0 aromatic heterocycles. The van der Waals surface area contributed by atoms with Crippen LogP contribution in [-0.4, -0.2) is 43.0 Å². The number of carbonyl (C=O) groups is 2. The van der Waals surface area contributed by atoms with Crippen molar-refractivity contribution in [3.8, 4) is 0 Å². The van der Waals surface area contributed by atoms with E-state index in [9.17, 15) is 14.7 Å². The average Bonchev–Trinajstić information content (AvgIpc) is 2.41. The lowest BCUT2D eigenvalue weighted by Crippen LogP contribution is -2.53. The molecule has 0 aliphatic carbocycles. The molecule has 1 aromatic carbocycles. The highest BCUT2D eigenvalue weighted by Gasteiger charge is 2.22. The maximum Gasteiger partial charge on any atom is 0.269 e. The minimum Gasteiger partial charge on any atom is -0.540 e. The summed E-state index contributed by atoms with van der Waals surface area (Å²) in [5.41, 5.74) is 3.53. The summed E-state index contributed by atoms with van der Waals surface area (Å²) in [5.74, 6) is -2.54. The van der Waals surface area contributed by atoms with E-state index in [1.165, 1.54) is 16.0 Å². The summed E-state index contributed by atoms with van der Waals surface area (Å²) in [5, 5.41) is 10.5. The van der Waals surface area contributed by atoms with Crippen LogP contribution in [0.15, 0.2) is 18.2 Å². The minimum atomic E-state index is -1.62. The Bertz CT molecular complexity index is 505. The smallest absolute Gasteiger partial charge is 0.269 e. The van der Waals surface area contributed by atoms with E-state index in [0.29, 0.717) is 26.2 Å². The van der Waals surface area contributed by atoms with E-state index in [1.54, 1.807) is 0 Å². The molecular weight excluding hydrogens is 244 g/mol. The molecule has 1 fully saturated rings. The molecule has 2 rings (SSSR count). The molecule has 102 valence electrons. The van der Waals surface area contributed by atoms with Gasteiger partial charge in [-0.05, 0) is 31.0 Å². The van der Waals surface area contributed by atoms with Gasteiger partial charge < -0.3 is 19.7 Å². The van der Waals surface area contributed by atoms with E-state index < -0.39 is 11.9 Å². The third-order valence-electron chi connectivity index (χ3n) is 3.45. The van der Waals surface area contributed by atoms with Gasteiger partial charge in [0.05, 0.1) is 0 Å². The van der Waals surface area contributed by atoms with Crippen molar-refractivity contribution in [1.82, 2.24) is 4.90 Å². The summed E-state index contributed by atoms with van der Waals surface area (Å²) < 4.78 is 0. The van der Waals surface area contributed by atoms with Crippen LogP contribution < -0.4 is 10.0 Å². The van der Waals surface area contributed by atoms with Crippen molar-refractivity contribution in [1.29, 1.82) is 0 Å². The fourth-order valence-electron chi connectivity index (χ4n) is 2.34. The number of hydrogen-bond donors (Lipinski definition) is 0. The lowest BCUT2D eigenvalue weighted by Gasteiger charge is -2.37. The number of carbonyl (C=O) groups excluding carboxylic acids is 2. The molecule has 1 heterocycles. The van der Waals surface area contributed by atoms with Gasteiger partial charge in [0.1, 0.15) is 5.97 Å². The van der Waals surface area contributed by atoms with Gasteiger partial charge in [0.2, 0.25) is 0 Å². The van der Waals surface area contributed by atoms with Gasteiger partial charge in [-0.15, -0.1) is 0 Å². The van der Waals surface area contributed by atoms with Crippen molar-refractivity contribution in [2.24, 2.45) is 0 Å². The molecule has 5 nitrogen and oxygen atoms in total. The predicted molar refractivity (Wildman–Crippen MR) is 69.7 cm³/mol. The van der Waals surface area contributed by atoms with Crippen molar-refractivity contribution in [2.45, 2.75) is 13.8 Å². The molecule has 1 aliphatic heterocycles. The summed E-state index contributed by atoms with van der Waals surface area (Å²) in [7, 11) is 0.